The van der Waals surface area contributed by atoms with E-state index in [-0.39, 0.29) is 18.2 Å². The predicted octanol–water partition coefficient (Wildman–Crippen LogP) is 4.64. The Morgan fingerprint density at radius 3 is 2.68 bits per heavy atom. The van der Waals surface area contributed by atoms with Gasteiger partial charge >= 0.3 is 0 Å². The van der Waals surface area contributed by atoms with Crippen LogP contribution in [0.5, 0.6) is 11.5 Å². The van der Waals surface area contributed by atoms with Crippen LogP contribution in [0.2, 0.25) is 0 Å². The van der Waals surface area contributed by atoms with Crippen LogP contribution in [0, 0.1) is 0 Å². The van der Waals surface area contributed by atoms with Crippen molar-refractivity contribution in [2.45, 2.75) is 0 Å². The summed E-state index contributed by atoms with van der Waals surface area (Å²) in [7, 11) is 1.50. The van der Waals surface area contributed by atoms with E-state index in [2.05, 4.69) is 47.7 Å². The maximum atomic E-state index is 12.0. The molecule has 0 spiro atoms. The molecule has 0 heterocycles. The molecule has 0 atom stereocenters. The van der Waals surface area contributed by atoms with Gasteiger partial charge in [-0.1, -0.05) is 30.3 Å². The number of benzene rings is 3. The molecule has 0 aromatic heterocycles. The van der Waals surface area contributed by atoms with Gasteiger partial charge < -0.3 is 15.2 Å². The monoisotopic (exact) mass is 505 g/mol. The number of hydrogen-bond donors (Lipinski definition) is 3. The van der Waals surface area contributed by atoms with Gasteiger partial charge in [-0.2, -0.15) is 5.10 Å². The van der Waals surface area contributed by atoms with Gasteiger partial charge in [0.05, 0.1) is 24.3 Å². The average molecular weight is 507 g/mol. The number of phenols is 1. The number of carbonyl (C=O) groups is 1. The molecule has 28 heavy (non-hydrogen) atoms. The van der Waals surface area contributed by atoms with Crippen molar-refractivity contribution in [3.63, 3.8) is 0 Å². The zero-order chi connectivity index (χ0) is 20.1. The van der Waals surface area contributed by atoms with Crippen molar-refractivity contribution >= 4 is 60.4 Å². The third kappa shape index (κ3) is 4.63. The number of hydrogen-bond acceptors (Lipinski definition) is 5. The fraction of sp³-hybridized carbons (Fsp3) is 0.100. The Labute approximate surface area is 178 Å². The van der Waals surface area contributed by atoms with Gasteiger partial charge in [-0.25, -0.2) is 5.43 Å². The molecule has 0 radical (unpaired) electrons. The number of fused-ring (bicyclic) bond motifs is 1. The average Bonchev–Trinajstić information content (AvgIpc) is 2.70. The third-order valence-corrected chi connectivity index (χ3v) is 5.30. The second-order valence-corrected chi connectivity index (χ2v) is 7.50. The molecule has 0 aliphatic rings. The number of aromatic hydroxyl groups is 1. The first kappa shape index (κ1) is 20.2. The van der Waals surface area contributed by atoms with E-state index in [1.807, 2.05) is 42.5 Å². The van der Waals surface area contributed by atoms with Gasteiger partial charge in [0.15, 0.2) is 5.75 Å². The van der Waals surface area contributed by atoms with Gasteiger partial charge in [0.1, 0.15) is 10.2 Å². The Hall–Kier alpha value is -2.58. The summed E-state index contributed by atoms with van der Waals surface area (Å²) in [4.78, 5) is 12.0. The summed E-state index contributed by atoms with van der Waals surface area (Å²) in [5.41, 5.74) is 3.69. The molecule has 0 unspecified atom stereocenters. The topological polar surface area (TPSA) is 83.0 Å². The minimum atomic E-state index is -0.310. The highest BCUT2D eigenvalue weighted by Gasteiger charge is 2.14. The number of nitrogens with one attached hydrogen (secondary N) is 2. The van der Waals surface area contributed by atoms with Crippen LogP contribution in [-0.2, 0) is 4.79 Å². The molecule has 6 nitrogen and oxygen atoms in total. The number of ether oxygens (including phenoxy) is 1. The summed E-state index contributed by atoms with van der Waals surface area (Å²) in [5, 5.41) is 19.4. The van der Waals surface area contributed by atoms with Crippen LogP contribution in [0.15, 0.2) is 62.6 Å². The SMILES string of the molecule is COc1c(Br)cc(C=NNC(=O)CNc2ccc3ccccc3c2)c(O)c1Br. The Kier molecular flexibility index (Phi) is 6.53. The van der Waals surface area contributed by atoms with Crippen molar-refractivity contribution in [1.82, 2.24) is 5.43 Å². The molecule has 144 valence electrons. The first-order valence-corrected chi connectivity index (χ1v) is 9.87. The van der Waals surface area contributed by atoms with Crippen LogP contribution in [0.4, 0.5) is 5.69 Å². The largest absolute Gasteiger partial charge is 0.506 e. The van der Waals surface area contributed by atoms with E-state index in [9.17, 15) is 9.90 Å². The highest BCUT2D eigenvalue weighted by Crippen LogP contribution is 2.41. The second kappa shape index (κ2) is 9.07. The lowest BCUT2D eigenvalue weighted by molar-refractivity contribution is -0.119. The lowest BCUT2D eigenvalue weighted by Crippen LogP contribution is -2.25. The van der Waals surface area contributed by atoms with E-state index >= 15 is 0 Å². The third-order valence-electron chi connectivity index (χ3n) is 3.98. The number of hydrazone groups is 1. The van der Waals surface area contributed by atoms with Crippen LogP contribution in [0.1, 0.15) is 5.56 Å². The Morgan fingerprint density at radius 1 is 1.18 bits per heavy atom. The smallest absolute Gasteiger partial charge is 0.259 e. The van der Waals surface area contributed by atoms with Gasteiger partial charge in [-0.3, -0.25) is 4.79 Å². The fourth-order valence-electron chi connectivity index (χ4n) is 2.59. The predicted molar refractivity (Wildman–Crippen MR) is 118 cm³/mol. The first-order chi connectivity index (χ1) is 13.5. The molecule has 3 rings (SSSR count). The molecule has 3 aromatic rings. The molecule has 1 amide bonds. The molecule has 0 bridgehead atoms. The molecule has 3 aromatic carbocycles. The van der Waals surface area contributed by atoms with E-state index < -0.39 is 0 Å². The van der Waals surface area contributed by atoms with Crippen molar-refractivity contribution in [2.24, 2.45) is 5.10 Å². The number of anilines is 1. The number of amides is 1. The molecule has 0 fully saturated rings. The molecule has 0 saturated carbocycles. The van der Waals surface area contributed by atoms with Crippen LogP contribution in [0.3, 0.4) is 0 Å². The van der Waals surface area contributed by atoms with E-state index in [0.717, 1.165) is 16.5 Å². The molecular formula is C20H17Br2N3O3. The van der Waals surface area contributed by atoms with Crippen molar-refractivity contribution in [2.75, 3.05) is 19.0 Å². The standard InChI is InChI=1S/C20H17Br2N3O3/c1-28-20-16(21)9-14(19(27)18(20)22)10-24-25-17(26)11-23-15-7-6-12-4-2-3-5-13(12)8-15/h2-10,23,27H,11H2,1H3,(H,25,26). The van der Waals surface area contributed by atoms with Crippen LogP contribution in [0.25, 0.3) is 10.8 Å². The minimum absolute atomic E-state index is 0.0349. The summed E-state index contributed by atoms with van der Waals surface area (Å²) in [6.07, 6.45) is 1.36. The second-order valence-electron chi connectivity index (χ2n) is 5.85. The summed E-state index contributed by atoms with van der Waals surface area (Å²) >= 11 is 6.62. The Balaban J connectivity index is 1.59. The summed E-state index contributed by atoms with van der Waals surface area (Å²) < 4.78 is 6.22. The maximum absolute atomic E-state index is 12.0. The Morgan fingerprint density at radius 2 is 1.93 bits per heavy atom. The normalized spacial score (nSPS) is 11.0. The van der Waals surface area contributed by atoms with E-state index in [1.165, 1.54) is 13.3 Å². The van der Waals surface area contributed by atoms with Crippen molar-refractivity contribution < 1.29 is 14.6 Å². The van der Waals surface area contributed by atoms with Gasteiger partial charge in [-0.15, -0.1) is 0 Å². The number of nitrogens with zero attached hydrogens (tertiary/aromatic N) is 1. The first-order valence-electron chi connectivity index (χ1n) is 8.29. The van der Waals surface area contributed by atoms with Gasteiger partial charge in [0, 0.05) is 11.3 Å². The van der Waals surface area contributed by atoms with Crippen LogP contribution in [-0.4, -0.2) is 30.9 Å². The number of rotatable bonds is 6. The van der Waals surface area contributed by atoms with Crippen molar-refractivity contribution in [3.8, 4) is 11.5 Å². The molecular weight excluding hydrogens is 490 g/mol. The summed E-state index contributed by atoms with van der Waals surface area (Å²) in [6, 6.07) is 15.5. The molecule has 0 aliphatic carbocycles. The summed E-state index contributed by atoms with van der Waals surface area (Å²) in [5.74, 6) is 0.126. The van der Waals surface area contributed by atoms with Crippen molar-refractivity contribution in [1.29, 1.82) is 0 Å². The number of phenolic OH excluding ortho intramolecular Hbond substituents is 1. The molecule has 8 heteroatoms. The van der Waals surface area contributed by atoms with Gasteiger partial charge in [0.2, 0.25) is 0 Å². The molecule has 0 saturated heterocycles. The highest BCUT2D eigenvalue weighted by atomic mass is 79.9. The van der Waals surface area contributed by atoms with Gasteiger partial charge in [-0.05, 0) is 60.8 Å². The minimum Gasteiger partial charge on any atom is -0.506 e. The fourth-order valence-corrected chi connectivity index (χ4v) is 4.07. The Bertz CT molecular complexity index is 1050. The number of carbonyl (C=O) groups excluding carboxylic acids is 1. The summed E-state index contributed by atoms with van der Waals surface area (Å²) in [6.45, 7) is 0.0671. The zero-order valence-electron chi connectivity index (χ0n) is 14.9. The van der Waals surface area contributed by atoms with Gasteiger partial charge in [0.25, 0.3) is 5.91 Å². The van der Waals surface area contributed by atoms with E-state index in [4.69, 9.17) is 4.74 Å². The molecule has 0 aliphatic heterocycles. The van der Waals surface area contributed by atoms with Crippen LogP contribution >= 0.6 is 31.9 Å². The maximum Gasteiger partial charge on any atom is 0.259 e. The van der Waals surface area contributed by atoms with E-state index in [1.54, 1.807) is 6.07 Å². The lowest BCUT2D eigenvalue weighted by atomic mass is 10.1. The number of halogens is 2. The number of methoxy groups -OCH3 is 1. The zero-order valence-corrected chi connectivity index (χ0v) is 18.0. The van der Waals surface area contributed by atoms with E-state index in [0.29, 0.717) is 20.3 Å². The lowest BCUT2D eigenvalue weighted by Gasteiger charge is -2.10. The quantitative estimate of drug-likeness (QED) is 0.336. The highest BCUT2D eigenvalue weighted by molar-refractivity contribution is 9.11. The van der Waals surface area contributed by atoms with Crippen molar-refractivity contribution in [3.05, 3.63) is 63.0 Å². The molecule has 3 N–H and O–H groups in total. The van der Waals surface area contributed by atoms with Crippen LogP contribution < -0.4 is 15.5 Å².